The number of carbonyl (C=O) groups is 3. The Morgan fingerprint density at radius 1 is 1.04 bits per heavy atom. The molecule has 1 rings (SSSR count). The molecule has 0 aromatic carbocycles. The summed E-state index contributed by atoms with van der Waals surface area (Å²) in [6.07, 6.45) is 10.4. The zero-order chi connectivity index (χ0) is 22.4. The van der Waals surface area contributed by atoms with Crippen molar-refractivity contribution in [2.75, 3.05) is 7.11 Å². The van der Waals surface area contributed by atoms with Crippen LogP contribution >= 0.6 is 0 Å². The minimum Gasteiger partial charge on any atom is -0.478 e. The Hall–Kier alpha value is -1.43. The van der Waals surface area contributed by atoms with E-state index in [0.717, 1.165) is 26.4 Å². The number of carboxylic acids is 1. The summed E-state index contributed by atoms with van der Waals surface area (Å²) in [6.45, 7) is 10.2. The van der Waals surface area contributed by atoms with E-state index in [4.69, 9.17) is 9.84 Å². The molecule has 1 aliphatic heterocycles. The number of aliphatic hydroxyl groups is 1. The van der Waals surface area contributed by atoms with E-state index >= 15 is 0 Å². The summed E-state index contributed by atoms with van der Waals surface area (Å²) in [4.78, 5) is 34.0. The number of esters is 1. The molecule has 0 aromatic heterocycles. The van der Waals surface area contributed by atoms with Gasteiger partial charge in [-0.2, -0.15) is 0 Å². The fourth-order valence-electron chi connectivity index (χ4n) is 3.07. The molecule has 2 N–H and O–H groups in total. The molecule has 0 aliphatic carbocycles. The number of hydrogen-bond acceptors (Lipinski definition) is 5. The van der Waals surface area contributed by atoms with Crippen molar-refractivity contribution in [3.63, 3.8) is 0 Å². The molecule has 1 heterocycles. The first-order valence-corrected chi connectivity index (χ1v) is 10.9. The van der Waals surface area contributed by atoms with Crippen LogP contribution in [0.15, 0.2) is 0 Å². The molecule has 2 unspecified atom stereocenters. The van der Waals surface area contributed by atoms with Crippen molar-refractivity contribution in [3.8, 4) is 0 Å². The number of aliphatic hydroxyl groups excluding tert-OH is 1. The molecule has 0 bridgehead atoms. The van der Waals surface area contributed by atoms with Gasteiger partial charge in [0.1, 0.15) is 6.29 Å². The molecular formula is C22H44O6. The van der Waals surface area contributed by atoms with Crippen LogP contribution in [0.5, 0.6) is 0 Å². The number of unbranched alkanes of at least 4 members (excludes halogenated alkanes) is 7. The van der Waals surface area contributed by atoms with Gasteiger partial charge in [0, 0.05) is 20.0 Å². The number of carbonyl (C=O) groups excluding carboxylic acids is 2. The van der Waals surface area contributed by atoms with Crippen LogP contribution in [0.25, 0.3) is 0 Å². The Kier molecular flexibility index (Phi) is 24.4. The van der Waals surface area contributed by atoms with Gasteiger partial charge in [0.15, 0.2) is 0 Å². The van der Waals surface area contributed by atoms with Gasteiger partial charge in [-0.25, -0.2) is 4.79 Å². The Labute approximate surface area is 172 Å². The van der Waals surface area contributed by atoms with Crippen molar-refractivity contribution in [1.29, 1.82) is 0 Å². The highest BCUT2D eigenvalue weighted by Gasteiger charge is 2.53. The number of cyclic esters (lactones) is 1. The average molecular weight is 405 g/mol. The maximum Gasteiger partial charge on any atom is 0.348 e. The smallest absolute Gasteiger partial charge is 0.348 e. The van der Waals surface area contributed by atoms with Crippen molar-refractivity contribution < 1.29 is 29.3 Å². The van der Waals surface area contributed by atoms with E-state index in [-0.39, 0.29) is 12.8 Å². The molecule has 0 amide bonds. The van der Waals surface area contributed by atoms with Crippen LogP contribution < -0.4 is 0 Å². The number of hydrogen-bond donors (Lipinski definition) is 2. The van der Waals surface area contributed by atoms with Crippen LogP contribution in [0.1, 0.15) is 105 Å². The van der Waals surface area contributed by atoms with E-state index in [9.17, 15) is 19.5 Å². The van der Waals surface area contributed by atoms with Gasteiger partial charge in [0.2, 0.25) is 5.60 Å². The van der Waals surface area contributed by atoms with Gasteiger partial charge < -0.3 is 19.7 Å². The first-order chi connectivity index (χ1) is 13.6. The van der Waals surface area contributed by atoms with Crippen LogP contribution in [-0.4, -0.2) is 41.1 Å². The van der Waals surface area contributed by atoms with Crippen LogP contribution in [0.2, 0.25) is 0 Å². The Balaban J connectivity index is -0.000000946. The van der Waals surface area contributed by atoms with Gasteiger partial charge in [-0.1, -0.05) is 86.0 Å². The quantitative estimate of drug-likeness (QED) is 0.265. The van der Waals surface area contributed by atoms with Crippen molar-refractivity contribution in [1.82, 2.24) is 0 Å². The van der Waals surface area contributed by atoms with Gasteiger partial charge >= 0.3 is 11.9 Å². The third-order valence-electron chi connectivity index (χ3n) is 4.49. The lowest BCUT2D eigenvalue weighted by Gasteiger charge is -2.28. The highest BCUT2D eigenvalue weighted by Crippen LogP contribution is 2.36. The normalized spacial score (nSPS) is 18.2. The summed E-state index contributed by atoms with van der Waals surface area (Å²) >= 11 is 0. The zero-order valence-corrected chi connectivity index (χ0v) is 19.0. The van der Waals surface area contributed by atoms with E-state index in [0.29, 0.717) is 12.7 Å². The summed E-state index contributed by atoms with van der Waals surface area (Å²) < 4.78 is 5.02. The van der Waals surface area contributed by atoms with Crippen LogP contribution in [-0.2, 0) is 19.1 Å². The van der Waals surface area contributed by atoms with Gasteiger partial charge in [-0.15, -0.1) is 0 Å². The average Bonchev–Trinajstić information content (AvgIpc) is 3.14. The van der Waals surface area contributed by atoms with Gasteiger partial charge in [0.05, 0.1) is 5.92 Å². The second kappa shape index (κ2) is 21.9. The fraction of sp³-hybridized carbons (Fsp3) is 0.864. The second-order valence-electron chi connectivity index (χ2n) is 6.17. The van der Waals surface area contributed by atoms with Crippen LogP contribution in [0.4, 0.5) is 0 Å². The van der Waals surface area contributed by atoms with Crippen molar-refractivity contribution in [3.05, 3.63) is 0 Å². The third kappa shape index (κ3) is 12.1. The zero-order valence-electron chi connectivity index (χ0n) is 19.0. The molecular weight excluding hydrogens is 360 g/mol. The van der Waals surface area contributed by atoms with E-state index < -0.39 is 23.5 Å². The molecule has 6 heteroatoms. The molecule has 0 saturated carbocycles. The summed E-state index contributed by atoms with van der Waals surface area (Å²) in [6, 6.07) is 0. The van der Waals surface area contributed by atoms with Crippen LogP contribution in [0.3, 0.4) is 0 Å². The summed E-state index contributed by atoms with van der Waals surface area (Å²) in [5.41, 5.74) is -1.63. The predicted molar refractivity (Wildman–Crippen MR) is 113 cm³/mol. The molecule has 168 valence electrons. The van der Waals surface area contributed by atoms with E-state index in [1.807, 2.05) is 27.7 Å². The van der Waals surface area contributed by atoms with Gasteiger partial charge in [-0.3, -0.25) is 4.79 Å². The topological polar surface area (TPSA) is 101 Å². The largest absolute Gasteiger partial charge is 0.478 e. The van der Waals surface area contributed by atoms with Crippen LogP contribution in [0, 0.1) is 5.92 Å². The number of carboxylic acid groups (broad SMARTS) is 1. The molecule has 0 aromatic rings. The lowest BCUT2D eigenvalue weighted by molar-refractivity contribution is -0.176. The molecule has 2 atom stereocenters. The standard InChI is InChI=1S/C17H28O5.2C2H6.CH4O/c1-2-3-4-5-6-7-8-9-10-14(13-18)17(16(20)21)12-11-15(19)22-17;3*1-2/h13-14H,2-12H2,1H3,(H,20,21);2*1-2H3;2H,1H3. The fourth-order valence-corrected chi connectivity index (χ4v) is 3.07. The Bertz CT molecular complexity index is 383. The first-order valence-electron chi connectivity index (χ1n) is 10.9. The highest BCUT2D eigenvalue weighted by molar-refractivity contribution is 5.88. The van der Waals surface area contributed by atoms with E-state index in [2.05, 4.69) is 6.92 Å². The number of aliphatic carboxylic acids is 1. The molecule has 1 aliphatic rings. The summed E-state index contributed by atoms with van der Waals surface area (Å²) in [5.74, 6) is -2.46. The van der Waals surface area contributed by atoms with Crippen molar-refractivity contribution >= 4 is 18.2 Å². The minimum absolute atomic E-state index is 0.0774. The number of aldehydes is 1. The lowest BCUT2D eigenvalue weighted by Crippen LogP contribution is -2.46. The molecule has 0 spiro atoms. The monoisotopic (exact) mass is 404 g/mol. The van der Waals surface area contributed by atoms with Gasteiger partial charge in [-0.05, 0) is 6.42 Å². The predicted octanol–water partition coefficient (Wildman–Crippen LogP) is 5.15. The highest BCUT2D eigenvalue weighted by atomic mass is 16.6. The Morgan fingerprint density at radius 3 is 1.86 bits per heavy atom. The minimum atomic E-state index is -1.63. The third-order valence-corrected chi connectivity index (χ3v) is 4.49. The number of rotatable bonds is 12. The van der Waals surface area contributed by atoms with Crippen molar-refractivity contribution in [2.24, 2.45) is 5.92 Å². The number of ether oxygens (including phenoxy) is 1. The maximum atomic E-state index is 11.5. The summed E-state index contributed by atoms with van der Waals surface area (Å²) in [5, 5.41) is 16.4. The molecule has 1 fully saturated rings. The van der Waals surface area contributed by atoms with E-state index in [1.165, 1.54) is 32.1 Å². The Morgan fingerprint density at radius 2 is 1.50 bits per heavy atom. The molecule has 1 saturated heterocycles. The lowest BCUT2D eigenvalue weighted by atomic mass is 9.82. The maximum absolute atomic E-state index is 11.5. The molecule has 6 nitrogen and oxygen atoms in total. The molecule has 0 radical (unpaired) electrons. The first kappa shape index (κ1) is 31.3. The summed E-state index contributed by atoms with van der Waals surface area (Å²) in [7, 11) is 1.00. The van der Waals surface area contributed by atoms with Crippen molar-refractivity contribution in [2.45, 2.75) is 111 Å². The SMILES string of the molecule is CC.CC.CCCCCCCCCCC(C=O)C1(C(=O)O)CCC(=O)O1.CO. The second-order valence-corrected chi connectivity index (χ2v) is 6.17. The van der Waals surface area contributed by atoms with Gasteiger partial charge in [0.25, 0.3) is 0 Å². The van der Waals surface area contributed by atoms with E-state index in [1.54, 1.807) is 0 Å². The molecule has 28 heavy (non-hydrogen) atoms.